The Hall–Kier alpha value is -2.00. The number of hydrogen-bond acceptors (Lipinski definition) is 3. The predicted octanol–water partition coefficient (Wildman–Crippen LogP) is 3.29. The van der Waals surface area contributed by atoms with Crippen LogP contribution >= 0.6 is 0 Å². The summed E-state index contributed by atoms with van der Waals surface area (Å²) < 4.78 is 10.9. The van der Waals surface area contributed by atoms with Crippen molar-refractivity contribution < 1.29 is 9.47 Å². The fraction of sp³-hybridized carbons (Fsp3) is 0.200. The monoisotopic (exact) mass is 241 g/mol. The normalized spacial score (nSPS) is 14.9. The standard InChI is InChI=1S/C15H15NO2/c1-2-6-14(7-3-1)18-15-8-4-5-12(9-15)16-13-10-17-11-13/h1-9,13,16H,10-11H2. The van der Waals surface area contributed by atoms with Gasteiger partial charge in [0, 0.05) is 11.8 Å². The maximum absolute atomic E-state index is 5.78. The largest absolute Gasteiger partial charge is 0.457 e. The second-order valence-electron chi connectivity index (χ2n) is 4.32. The van der Waals surface area contributed by atoms with E-state index in [4.69, 9.17) is 9.47 Å². The molecule has 0 saturated carbocycles. The first kappa shape index (κ1) is 11.1. The molecule has 1 heterocycles. The summed E-state index contributed by atoms with van der Waals surface area (Å²) in [7, 11) is 0. The Kier molecular flexibility index (Phi) is 3.15. The molecule has 0 spiro atoms. The van der Waals surface area contributed by atoms with Crippen molar-refractivity contribution in [1.29, 1.82) is 0 Å². The van der Waals surface area contributed by atoms with Gasteiger partial charge in [-0.25, -0.2) is 0 Å². The highest BCUT2D eigenvalue weighted by atomic mass is 16.5. The average Bonchev–Trinajstić information content (AvgIpc) is 2.36. The molecule has 3 heteroatoms. The van der Waals surface area contributed by atoms with E-state index in [-0.39, 0.29) is 0 Å². The van der Waals surface area contributed by atoms with Gasteiger partial charge in [-0.1, -0.05) is 24.3 Å². The summed E-state index contributed by atoms with van der Waals surface area (Å²) in [6.45, 7) is 1.56. The number of nitrogens with one attached hydrogen (secondary N) is 1. The van der Waals surface area contributed by atoms with E-state index in [1.165, 1.54) is 0 Å². The maximum Gasteiger partial charge on any atom is 0.129 e. The molecule has 0 aliphatic carbocycles. The van der Waals surface area contributed by atoms with Crippen LogP contribution in [0, 0.1) is 0 Å². The van der Waals surface area contributed by atoms with Gasteiger partial charge >= 0.3 is 0 Å². The lowest BCUT2D eigenvalue weighted by molar-refractivity contribution is 0.0211. The molecular weight excluding hydrogens is 226 g/mol. The maximum atomic E-state index is 5.78. The van der Waals surface area contributed by atoms with Gasteiger partial charge < -0.3 is 14.8 Å². The Morgan fingerprint density at radius 3 is 2.44 bits per heavy atom. The second-order valence-corrected chi connectivity index (χ2v) is 4.32. The van der Waals surface area contributed by atoms with E-state index < -0.39 is 0 Å². The van der Waals surface area contributed by atoms with E-state index in [1.54, 1.807) is 0 Å². The van der Waals surface area contributed by atoms with Crippen LogP contribution in [0.1, 0.15) is 0 Å². The van der Waals surface area contributed by atoms with Gasteiger partial charge in [-0.2, -0.15) is 0 Å². The molecule has 3 nitrogen and oxygen atoms in total. The van der Waals surface area contributed by atoms with Crippen molar-refractivity contribution >= 4 is 5.69 Å². The van der Waals surface area contributed by atoms with Crippen molar-refractivity contribution in [2.45, 2.75) is 6.04 Å². The predicted molar refractivity (Wildman–Crippen MR) is 71.2 cm³/mol. The van der Waals surface area contributed by atoms with E-state index in [9.17, 15) is 0 Å². The minimum absolute atomic E-state index is 0.428. The fourth-order valence-electron chi connectivity index (χ4n) is 1.83. The zero-order chi connectivity index (χ0) is 12.2. The number of benzene rings is 2. The van der Waals surface area contributed by atoms with E-state index in [0.717, 1.165) is 30.4 Å². The van der Waals surface area contributed by atoms with Crippen LogP contribution in [0.4, 0.5) is 5.69 Å². The van der Waals surface area contributed by atoms with E-state index in [2.05, 4.69) is 5.32 Å². The van der Waals surface area contributed by atoms with Crippen LogP contribution in [0.3, 0.4) is 0 Å². The minimum atomic E-state index is 0.428. The first-order valence-electron chi connectivity index (χ1n) is 6.07. The summed E-state index contributed by atoms with van der Waals surface area (Å²) in [5, 5.41) is 3.40. The molecular formula is C15H15NO2. The lowest BCUT2D eigenvalue weighted by Gasteiger charge is -2.27. The van der Waals surface area contributed by atoms with Crippen LogP contribution in [0.2, 0.25) is 0 Å². The van der Waals surface area contributed by atoms with Gasteiger partial charge in [0.15, 0.2) is 0 Å². The molecule has 18 heavy (non-hydrogen) atoms. The third-order valence-corrected chi connectivity index (χ3v) is 2.82. The first-order valence-corrected chi connectivity index (χ1v) is 6.07. The van der Waals surface area contributed by atoms with Crippen LogP contribution in [-0.4, -0.2) is 19.3 Å². The number of anilines is 1. The van der Waals surface area contributed by atoms with Crippen LogP contribution in [0.5, 0.6) is 11.5 Å². The lowest BCUT2D eigenvalue weighted by Crippen LogP contribution is -2.40. The summed E-state index contributed by atoms with van der Waals surface area (Å²) in [6.07, 6.45) is 0. The second kappa shape index (κ2) is 5.10. The number of hydrogen-bond donors (Lipinski definition) is 1. The van der Waals surface area contributed by atoms with Crippen LogP contribution < -0.4 is 10.1 Å². The Labute approximate surface area is 106 Å². The fourth-order valence-corrected chi connectivity index (χ4v) is 1.83. The quantitative estimate of drug-likeness (QED) is 0.891. The Bertz CT molecular complexity index is 509. The van der Waals surface area contributed by atoms with Crippen molar-refractivity contribution in [2.75, 3.05) is 18.5 Å². The van der Waals surface area contributed by atoms with Crippen molar-refractivity contribution in [3.05, 3.63) is 54.6 Å². The molecule has 0 amide bonds. The summed E-state index contributed by atoms with van der Waals surface area (Å²) in [6, 6.07) is 18.2. The summed E-state index contributed by atoms with van der Waals surface area (Å²) >= 11 is 0. The Balaban J connectivity index is 1.70. The smallest absolute Gasteiger partial charge is 0.129 e. The van der Waals surface area contributed by atoms with Gasteiger partial charge in [-0.15, -0.1) is 0 Å². The molecule has 3 rings (SSSR count). The Morgan fingerprint density at radius 1 is 0.944 bits per heavy atom. The molecule has 0 unspecified atom stereocenters. The minimum Gasteiger partial charge on any atom is -0.457 e. The van der Waals surface area contributed by atoms with Crippen LogP contribution in [-0.2, 0) is 4.74 Å². The average molecular weight is 241 g/mol. The van der Waals surface area contributed by atoms with Crippen LogP contribution in [0.15, 0.2) is 54.6 Å². The van der Waals surface area contributed by atoms with Crippen molar-refractivity contribution in [3.8, 4) is 11.5 Å². The number of rotatable bonds is 4. The highest BCUT2D eigenvalue weighted by Gasteiger charge is 2.17. The molecule has 92 valence electrons. The van der Waals surface area contributed by atoms with E-state index in [0.29, 0.717) is 6.04 Å². The highest BCUT2D eigenvalue weighted by Crippen LogP contribution is 2.24. The summed E-state index contributed by atoms with van der Waals surface area (Å²) in [5.74, 6) is 1.69. The van der Waals surface area contributed by atoms with Gasteiger partial charge in [0.05, 0.1) is 19.3 Å². The number of para-hydroxylation sites is 1. The van der Waals surface area contributed by atoms with Crippen molar-refractivity contribution in [1.82, 2.24) is 0 Å². The van der Waals surface area contributed by atoms with Crippen LogP contribution in [0.25, 0.3) is 0 Å². The summed E-state index contributed by atoms with van der Waals surface area (Å²) in [4.78, 5) is 0. The zero-order valence-corrected chi connectivity index (χ0v) is 10.0. The molecule has 1 aliphatic heterocycles. The van der Waals surface area contributed by atoms with Crippen molar-refractivity contribution in [3.63, 3.8) is 0 Å². The molecule has 0 atom stereocenters. The molecule has 0 radical (unpaired) electrons. The third kappa shape index (κ3) is 2.63. The zero-order valence-electron chi connectivity index (χ0n) is 10.0. The molecule has 2 aromatic rings. The molecule has 1 aliphatic rings. The topological polar surface area (TPSA) is 30.5 Å². The van der Waals surface area contributed by atoms with Gasteiger partial charge in [0.2, 0.25) is 0 Å². The molecule has 0 bridgehead atoms. The van der Waals surface area contributed by atoms with Gasteiger partial charge in [-0.3, -0.25) is 0 Å². The third-order valence-electron chi connectivity index (χ3n) is 2.82. The van der Waals surface area contributed by atoms with Gasteiger partial charge in [-0.05, 0) is 24.3 Å². The molecule has 1 N–H and O–H groups in total. The lowest BCUT2D eigenvalue weighted by atomic mass is 10.2. The molecule has 0 aromatic heterocycles. The SMILES string of the molecule is c1ccc(Oc2cccc(NC3COC3)c2)cc1. The van der Waals surface area contributed by atoms with Crippen molar-refractivity contribution in [2.24, 2.45) is 0 Å². The first-order chi connectivity index (χ1) is 8.90. The molecule has 1 saturated heterocycles. The van der Waals surface area contributed by atoms with Gasteiger partial charge in [0.1, 0.15) is 11.5 Å². The summed E-state index contributed by atoms with van der Waals surface area (Å²) in [5.41, 5.74) is 1.07. The Morgan fingerprint density at radius 2 is 1.72 bits per heavy atom. The number of ether oxygens (including phenoxy) is 2. The molecule has 1 fully saturated rings. The molecule has 2 aromatic carbocycles. The van der Waals surface area contributed by atoms with E-state index in [1.807, 2.05) is 54.6 Å². The highest BCUT2D eigenvalue weighted by molar-refractivity contribution is 5.50. The van der Waals surface area contributed by atoms with Gasteiger partial charge in [0.25, 0.3) is 0 Å². The van der Waals surface area contributed by atoms with E-state index >= 15 is 0 Å².